The van der Waals surface area contributed by atoms with E-state index in [1.54, 1.807) is 6.07 Å². The number of halogens is 2. The number of rotatable bonds is 3. The van der Waals surface area contributed by atoms with Gasteiger partial charge in [-0.2, -0.15) is 12.1 Å². The van der Waals surface area contributed by atoms with Gasteiger partial charge in [0.15, 0.2) is 0 Å². The molecule has 144 valence electrons. The molecule has 2 aliphatic carbocycles. The predicted molar refractivity (Wildman–Crippen MR) is 98.9 cm³/mol. The molecule has 0 saturated heterocycles. The summed E-state index contributed by atoms with van der Waals surface area (Å²) in [5.74, 6) is 1.73. The second-order valence-electron chi connectivity index (χ2n) is 7.64. The Labute approximate surface area is 210 Å². The molecule has 2 fully saturated rings. The van der Waals surface area contributed by atoms with E-state index < -0.39 is 11.6 Å². The summed E-state index contributed by atoms with van der Waals surface area (Å²) in [4.78, 5) is 0. The van der Waals surface area contributed by atoms with Crippen LogP contribution in [0.4, 0.5) is 8.78 Å². The summed E-state index contributed by atoms with van der Waals surface area (Å²) >= 11 is 0. The SMILES string of the molecule is C.C.CC1CCC(C2CCC(Cc3cc[c-]c(F)c3F)CC2)CC1.[Y].[Y]. The maximum Gasteiger partial charge on any atom is 0.0466 e. The van der Waals surface area contributed by atoms with Gasteiger partial charge in [0, 0.05) is 77.1 Å². The Kier molecular flexibility index (Phi) is 16.2. The van der Waals surface area contributed by atoms with Crippen molar-refractivity contribution in [3.8, 4) is 0 Å². The second kappa shape index (κ2) is 14.3. The van der Waals surface area contributed by atoms with E-state index in [0.29, 0.717) is 17.9 Å². The molecule has 0 bridgehead atoms. The van der Waals surface area contributed by atoms with Gasteiger partial charge in [0.25, 0.3) is 0 Å². The van der Waals surface area contributed by atoms with Gasteiger partial charge in [-0.1, -0.05) is 34.6 Å². The third kappa shape index (κ3) is 7.96. The first-order valence-electron chi connectivity index (χ1n) is 8.98. The van der Waals surface area contributed by atoms with Crippen LogP contribution in [0.25, 0.3) is 0 Å². The van der Waals surface area contributed by atoms with Crippen LogP contribution >= 0.6 is 0 Å². The Hall–Kier alpha value is 1.29. The molecule has 0 aliphatic heterocycles. The van der Waals surface area contributed by atoms with Crippen molar-refractivity contribution in [1.29, 1.82) is 0 Å². The van der Waals surface area contributed by atoms with Gasteiger partial charge in [0.1, 0.15) is 0 Å². The molecule has 0 heterocycles. The zero-order chi connectivity index (χ0) is 15.5. The Balaban J connectivity index is 0. The fourth-order valence-electron chi connectivity index (χ4n) is 4.58. The molecule has 0 aromatic heterocycles. The van der Waals surface area contributed by atoms with Gasteiger partial charge in [-0.15, -0.1) is 11.6 Å². The molecule has 1 aromatic rings. The van der Waals surface area contributed by atoms with Crippen molar-refractivity contribution in [2.45, 2.75) is 79.6 Å². The summed E-state index contributed by atoms with van der Waals surface area (Å²) < 4.78 is 27.0. The van der Waals surface area contributed by atoms with E-state index >= 15 is 0 Å². The van der Waals surface area contributed by atoms with Gasteiger partial charge in [-0.3, -0.25) is 4.39 Å². The molecule has 4 heteroatoms. The first-order chi connectivity index (χ1) is 10.6. The molecular weight excluding hydrogens is 480 g/mol. The number of hydrogen-bond acceptors (Lipinski definition) is 0. The monoisotopic (exact) mass is 515 g/mol. The van der Waals surface area contributed by atoms with Crippen molar-refractivity contribution in [2.24, 2.45) is 23.7 Å². The van der Waals surface area contributed by atoms with Gasteiger partial charge in [0.2, 0.25) is 0 Å². The van der Waals surface area contributed by atoms with E-state index in [4.69, 9.17) is 0 Å². The van der Waals surface area contributed by atoms with Crippen LogP contribution in [0.2, 0.25) is 0 Å². The van der Waals surface area contributed by atoms with E-state index in [-0.39, 0.29) is 80.3 Å². The normalized spacial score (nSPS) is 27.8. The summed E-state index contributed by atoms with van der Waals surface area (Å²) in [6.45, 7) is 2.37. The third-order valence-corrected chi connectivity index (χ3v) is 6.10. The topological polar surface area (TPSA) is 0 Å². The minimum absolute atomic E-state index is 0. The molecule has 26 heavy (non-hydrogen) atoms. The van der Waals surface area contributed by atoms with Crippen LogP contribution in [0.1, 0.15) is 78.7 Å². The minimum atomic E-state index is -0.831. The van der Waals surface area contributed by atoms with Crippen LogP contribution in [-0.2, 0) is 71.8 Å². The standard InChI is InChI=1S/C20H27F2.2CH4.2Y/c1-14-5-9-16(10-6-14)17-11-7-15(8-12-17)13-18-3-2-4-19(21)20(18)22;;;;/h2-3,14-17H,5-13H2,1H3;2*1H4;;/q-1;;;;. The van der Waals surface area contributed by atoms with E-state index in [2.05, 4.69) is 13.0 Å². The molecule has 0 spiro atoms. The van der Waals surface area contributed by atoms with Crippen molar-refractivity contribution in [3.05, 3.63) is 35.4 Å². The Morgan fingerprint density at radius 2 is 1.38 bits per heavy atom. The summed E-state index contributed by atoms with van der Waals surface area (Å²) in [5.41, 5.74) is 0.534. The van der Waals surface area contributed by atoms with Gasteiger partial charge < -0.3 is 0 Å². The van der Waals surface area contributed by atoms with Crippen LogP contribution in [0, 0.1) is 41.4 Å². The van der Waals surface area contributed by atoms with Crippen molar-refractivity contribution in [1.82, 2.24) is 0 Å². The maximum atomic E-state index is 13.8. The zero-order valence-electron chi connectivity index (χ0n) is 14.7. The molecule has 0 amide bonds. The molecule has 3 rings (SSSR count). The number of benzene rings is 1. The van der Waals surface area contributed by atoms with Crippen LogP contribution < -0.4 is 0 Å². The van der Waals surface area contributed by atoms with Crippen LogP contribution in [-0.4, -0.2) is 0 Å². The molecule has 2 aliphatic rings. The van der Waals surface area contributed by atoms with Crippen molar-refractivity contribution >= 4 is 0 Å². The van der Waals surface area contributed by atoms with Gasteiger partial charge >= 0.3 is 0 Å². The first-order valence-corrected chi connectivity index (χ1v) is 8.98. The van der Waals surface area contributed by atoms with E-state index in [1.165, 1.54) is 57.4 Å². The smallest absolute Gasteiger partial charge is 0.0466 e. The summed E-state index contributed by atoms with van der Waals surface area (Å²) in [7, 11) is 0. The zero-order valence-corrected chi connectivity index (χ0v) is 20.4. The Morgan fingerprint density at radius 3 is 1.92 bits per heavy atom. The molecule has 2 radical (unpaired) electrons. The van der Waals surface area contributed by atoms with Gasteiger partial charge in [0.05, 0.1) is 0 Å². The second-order valence-corrected chi connectivity index (χ2v) is 7.64. The molecule has 2 saturated carbocycles. The van der Waals surface area contributed by atoms with Crippen LogP contribution in [0.3, 0.4) is 0 Å². The van der Waals surface area contributed by atoms with Gasteiger partial charge in [-0.05, 0) is 68.6 Å². The van der Waals surface area contributed by atoms with Crippen molar-refractivity contribution in [3.63, 3.8) is 0 Å². The van der Waals surface area contributed by atoms with Gasteiger partial charge in [-0.25, -0.2) is 4.39 Å². The summed E-state index contributed by atoms with van der Waals surface area (Å²) in [6, 6.07) is 5.48. The fourth-order valence-corrected chi connectivity index (χ4v) is 4.58. The molecule has 0 unspecified atom stereocenters. The molecule has 0 N–H and O–H groups in total. The Morgan fingerprint density at radius 1 is 0.885 bits per heavy atom. The van der Waals surface area contributed by atoms with Crippen molar-refractivity contribution in [2.75, 3.05) is 0 Å². The first kappa shape index (κ1) is 29.5. The summed E-state index contributed by atoms with van der Waals surface area (Å²) in [5, 5.41) is 0. The van der Waals surface area contributed by atoms with Crippen molar-refractivity contribution < 1.29 is 74.2 Å². The van der Waals surface area contributed by atoms with E-state index in [1.807, 2.05) is 0 Å². The van der Waals surface area contributed by atoms with E-state index in [9.17, 15) is 8.78 Å². The van der Waals surface area contributed by atoms with Crippen LogP contribution in [0.15, 0.2) is 12.1 Å². The minimum Gasteiger partial charge on any atom is -0.281 e. The average Bonchev–Trinajstić information content (AvgIpc) is 2.53. The predicted octanol–water partition coefficient (Wildman–Crippen LogP) is 7.21. The maximum absolute atomic E-state index is 13.8. The van der Waals surface area contributed by atoms with Crippen LogP contribution in [0.5, 0.6) is 0 Å². The Bertz CT molecular complexity index is 491. The molecule has 1 aromatic carbocycles. The fraction of sp³-hybridized carbons (Fsp3) is 0.727. The molecular formula is C22H35F2Y2-. The molecule has 0 atom stereocenters. The molecule has 0 nitrogen and oxygen atoms in total. The third-order valence-electron chi connectivity index (χ3n) is 6.10. The number of hydrogen-bond donors (Lipinski definition) is 0. The quantitative estimate of drug-likeness (QED) is 0.374. The van der Waals surface area contributed by atoms with E-state index in [0.717, 1.165) is 17.8 Å². The summed E-state index contributed by atoms with van der Waals surface area (Å²) in [6.07, 6.45) is 11.2. The average molecular weight is 515 g/mol. The largest absolute Gasteiger partial charge is 0.281 e.